The second-order valence-electron chi connectivity index (χ2n) is 5.75. The average molecular weight is 288 g/mol. The van der Waals surface area contributed by atoms with Gasteiger partial charge < -0.3 is 4.74 Å². The Kier molecular flexibility index (Phi) is 3.91. The van der Waals surface area contributed by atoms with E-state index in [-0.39, 0.29) is 5.54 Å². The molecule has 106 valence electrons. The molecule has 3 nitrogen and oxygen atoms in total. The molecule has 0 aliphatic heterocycles. The lowest BCUT2D eigenvalue weighted by molar-refractivity contribution is 0.404. The Bertz CT molecular complexity index is 523. The van der Waals surface area contributed by atoms with Gasteiger partial charge in [-0.25, -0.2) is 0 Å². The molecule has 0 amide bonds. The fourth-order valence-corrected chi connectivity index (χ4v) is 4.27. The van der Waals surface area contributed by atoms with Gasteiger partial charge in [0.25, 0.3) is 0 Å². The molecule has 0 spiro atoms. The number of hydrogen-bond donors (Lipinski definition) is 1. The van der Waals surface area contributed by atoms with Crippen molar-refractivity contribution in [3.63, 3.8) is 0 Å². The van der Waals surface area contributed by atoms with Gasteiger partial charge in [0.15, 0.2) is 0 Å². The van der Waals surface area contributed by atoms with Crippen LogP contribution in [0.5, 0.6) is 5.75 Å². The van der Waals surface area contributed by atoms with Crippen LogP contribution < -0.4 is 10.1 Å². The number of rotatable bonds is 5. The summed E-state index contributed by atoms with van der Waals surface area (Å²) in [6, 6.07) is 11.3. The smallest absolute Gasteiger partial charge is 0.132 e. The van der Waals surface area contributed by atoms with Gasteiger partial charge in [-0.05, 0) is 44.2 Å². The minimum Gasteiger partial charge on any atom is -0.496 e. The Morgan fingerprint density at radius 1 is 1.35 bits per heavy atom. The number of thioether (sulfide) groups is 1. The highest BCUT2D eigenvalue weighted by Crippen LogP contribution is 2.43. The topological polar surface area (TPSA) is 45.0 Å². The number of benzene rings is 1. The van der Waals surface area contributed by atoms with Crippen LogP contribution in [0.1, 0.15) is 32.1 Å². The van der Waals surface area contributed by atoms with Crippen molar-refractivity contribution in [2.24, 2.45) is 0 Å². The van der Waals surface area contributed by atoms with E-state index >= 15 is 0 Å². The average Bonchev–Trinajstić information content (AvgIpc) is 3.20. The van der Waals surface area contributed by atoms with E-state index in [2.05, 4.69) is 17.5 Å². The van der Waals surface area contributed by atoms with Gasteiger partial charge in [0.05, 0.1) is 13.2 Å². The maximum Gasteiger partial charge on any atom is 0.132 e. The molecule has 2 aliphatic rings. The zero-order valence-electron chi connectivity index (χ0n) is 11.8. The van der Waals surface area contributed by atoms with Gasteiger partial charge in [0, 0.05) is 16.2 Å². The van der Waals surface area contributed by atoms with Crippen LogP contribution in [0, 0.1) is 11.3 Å². The third-order valence-corrected chi connectivity index (χ3v) is 5.43. The monoisotopic (exact) mass is 288 g/mol. The van der Waals surface area contributed by atoms with Gasteiger partial charge in [-0.3, -0.25) is 5.32 Å². The van der Waals surface area contributed by atoms with E-state index < -0.39 is 0 Å². The molecule has 3 rings (SSSR count). The third kappa shape index (κ3) is 2.94. The summed E-state index contributed by atoms with van der Waals surface area (Å²) in [5.74, 6) is 0.933. The lowest BCUT2D eigenvalue weighted by Crippen LogP contribution is -2.43. The SMILES string of the molecule is COc1ccccc1SC1CCC(C#N)(NC2CC2)C1. The normalized spacial score (nSPS) is 29.1. The molecule has 1 aromatic rings. The van der Waals surface area contributed by atoms with Gasteiger partial charge in [0.1, 0.15) is 11.3 Å². The van der Waals surface area contributed by atoms with E-state index in [1.165, 1.54) is 17.7 Å². The predicted molar refractivity (Wildman–Crippen MR) is 81.0 cm³/mol. The molecule has 0 aromatic heterocycles. The second kappa shape index (κ2) is 5.67. The summed E-state index contributed by atoms with van der Waals surface area (Å²) in [5.41, 5.74) is -0.291. The van der Waals surface area contributed by atoms with Gasteiger partial charge >= 0.3 is 0 Å². The quantitative estimate of drug-likeness (QED) is 0.902. The fraction of sp³-hybridized carbons (Fsp3) is 0.562. The Balaban J connectivity index is 1.66. The molecule has 2 atom stereocenters. The van der Waals surface area contributed by atoms with E-state index in [0.29, 0.717) is 11.3 Å². The summed E-state index contributed by atoms with van der Waals surface area (Å²) >= 11 is 1.85. The maximum absolute atomic E-state index is 9.53. The molecule has 2 fully saturated rings. The van der Waals surface area contributed by atoms with Gasteiger partial charge in [0.2, 0.25) is 0 Å². The molecule has 20 heavy (non-hydrogen) atoms. The molecule has 0 radical (unpaired) electrons. The number of para-hydroxylation sites is 1. The van der Waals surface area contributed by atoms with Crippen LogP contribution in [0.25, 0.3) is 0 Å². The van der Waals surface area contributed by atoms with Crippen molar-refractivity contribution in [1.29, 1.82) is 5.26 Å². The number of nitriles is 1. The summed E-state index contributed by atoms with van der Waals surface area (Å²) in [4.78, 5) is 1.18. The van der Waals surface area contributed by atoms with Crippen molar-refractivity contribution < 1.29 is 4.74 Å². The van der Waals surface area contributed by atoms with Crippen LogP contribution in [0.2, 0.25) is 0 Å². The fourth-order valence-electron chi connectivity index (χ4n) is 2.88. The zero-order chi connectivity index (χ0) is 14.0. The Morgan fingerprint density at radius 2 is 2.15 bits per heavy atom. The number of hydrogen-bond acceptors (Lipinski definition) is 4. The Labute approximate surface area is 124 Å². The zero-order valence-corrected chi connectivity index (χ0v) is 12.6. The van der Waals surface area contributed by atoms with E-state index in [0.717, 1.165) is 25.0 Å². The first-order chi connectivity index (χ1) is 9.74. The third-order valence-electron chi connectivity index (χ3n) is 4.10. The predicted octanol–water partition coefficient (Wildman–Crippen LogP) is 3.35. The summed E-state index contributed by atoms with van der Waals surface area (Å²) in [6.45, 7) is 0. The van der Waals surface area contributed by atoms with E-state index in [1.807, 2.05) is 30.0 Å². The van der Waals surface area contributed by atoms with Crippen molar-refractivity contribution in [1.82, 2.24) is 5.32 Å². The second-order valence-corrected chi connectivity index (χ2v) is 7.09. The molecule has 4 heteroatoms. The molecular formula is C16H20N2OS. The number of nitrogens with zero attached hydrogens (tertiary/aromatic N) is 1. The van der Waals surface area contributed by atoms with Crippen LogP contribution >= 0.6 is 11.8 Å². The first kappa shape index (κ1) is 13.8. The highest BCUT2D eigenvalue weighted by Gasteiger charge is 2.43. The van der Waals surface area contributed by atoms with Crippen LogP contribution in [-0.4, -0.2) is 23.9 Å². The minimum atomic E-state index is -0.291. The van der Waals surface area contributed by atoms with Gasteiger partial charge in [-0.1, -0.05) is 12.1 Å². The minimum absolute atomic E-state index is 0.291. The molecule has 2 saturated carbocycles. The molecule has 0 saturated heterocycles. The van der Waals surface area contributed by atoms with Crippen molar-refractivity contribution in [3.05, 3.63) is 24.3 Å². The van der Waals surface area contributed by atoms with E-state index in [9.17, 15) is 5.26 Å². The summed E-state index contributed by atoms with van der Waals surface area (Å²) in [7, 11) is 1.71. The Hall–Kier alpha value is -1.18. The molecule has 1 aromatic carbocycles. The van der Waals surface area contributed by atoms with Crippen LogP contribution in [0.15, 0.2) is 29.2 Å². The van der Waals surface area contributed by atoms with Crippen molar-refractivity contribution in [2.45, 2.75) is 53.8 Å². The maximum atomic E-state index is 9.53. The van der Waals surface area contributed by atoms with Crippen molar-refractivity contribution in [2.75, 3.05) is 7.11 Å². The molecule has 2 unspecified atom stereocenters. The van der Waals surface area contributed by atoms with Crippen molar-refractivity contribution >= 4 is 11.8 Å². The van der Waals surface area contributed by atoms with Gasteiger partial charge in [-0.2, -0.15) is 5.26 Å². The lowest BCUT2D eigenvalue weighted by Gasteiger charge is -2.22. The molecular weight excluding hydrogens is 268 g/mol. The standard InChI is InChI=1S/C16H20N2OS/c1-19-14-4-2-3-5-15(14)20-13-8-9-16(10-13,11-17)18-12-6-7-12/h2-5,12-13,18H,6-10H2,1H3. The van der Waals surface area contributed by atoms with Gasteiger partial charge in [-0.15, -0.1) is 11.8 Å². The first-order valence-electron chi connectivity index (χ1n) is 7.23. The number of nitrogens with one attached hydrogen (secondary N) is 1. The Morgan fingerprint density at radius 3 is 2.85 bits per heavy atom. The largest absolute Gasteiger partial charge is 0.496 e. The molecule has 0 heterocycles. The van der Waals surface area contributed by atoms with Crippen LogP contribution in [-0.2, 0) is 0 Å². The summed E-state index contributed by atoms with van der Waals surface area (Å²) in [5, 5.41) is 13.6. The molecule has 0 bridgehead atoms. The number of ether oxygens (including phenoxy) is 1. The molecule has 1 N–H and O–H groups in total. The van der Waals surface area contributed by atoms with Crippen LogP contribution in [0.4, 0.5) is 0 Å². The highest BCUT2D eigenvalue weighted by atomic mass is 32.2. The van der Waals surface area contributed by atoms with E-state index in [4.69, 9.17) is 4.74 Å². The lowest BCUT2D eigenvalue weighted by atomic mass is 10.00. The summed E-state index contributed by atoms with van der Waals surface area (Å²) in [6.07, 6.45) is 5.45. The molecule has 2 aliphatic carbocycles. The summed E-state index contributed by atoms with van der Waals surface area (Å²) < 4.78 is 5.41. The first-order valence-corrected chi connectivity index (χ1v) is 8.11. The van der Waals surface area contributed by atoms with E-state index in [1.54, 1.807) is 7.11 Å². The highest BCUT2D eigenvalue weighted by molar-refractivity contribution is 8.00. The van der Waals surface area contributed by atoms with Crippen molar-refractivity contribution in [3.8, 4) is 11.8 Å². The number of methoxy groups -OCH3 is 1. The van der Waals surface area contributed by atoms with Crippen LogP contribution in [0.3, 0.4) is 0 Å².